The molecule has 0 radical (unpaired) electrons. The molecule has 0 saturated carbocycles. The molecule has 0 aliphatic carbocycles. The smallest absolute Gasteiger partial charge is 0.237 e. The predicted octanol–water partition coefficient (Wildman–Crippen LogP) is 4.96. The van der Waals surface area contributed by atoms with Crippen LogP contribution in [0.5, 0.6) is 0 Å². The molecule has 1 N–H and O–H groups in total. The third-order valence-corrected chi connectivity index (χ3v) is 6.01. The molecular formula is C24H22FN5OS. The standard InChI is InChI=1S/C24H22FN5OS/c1-16-8-9-20(14-21(16)25)27-23(31)17(2)32-24-29-28-22(19-10-12-26-13-11-19)30(24)15-18-6-4-3-5-7-18/h3-14,17H,15H2,1-2H3,(H,27,31). The predicted molar refractivity (Wildman–Crippen MR) is 124 cm³/mol. The van der Waals surface area contributed by atoms with Crippen molar-refractivity contribution in [2.75, 3.05) is 5.32 Å². The van der Waals surface area contributed by atoms with Gasteiger partial charge in [0.25, 0.3) is 0 Å². The number of benzene rings is 2. The van der Waals surface area contributed by atoms with Crippen LogP contribution in [0.3, 0.4) is 0 Å². The molecular weight excluding hydrogens is 425 g/mol. The minimum atomic E-state index is -0.469. The molecule has 4 aromatic rings. The number of aromatic nitrogens is 4. The van der Waals surface area contributed by atoms with Crippen LogP contribution in [0.25, 0.3) is 11.4 Å². The Bertz CT molecular complexity index is 1210. The number of aryl methyl sites for hydroxylation is 1. The lowest BCUT2D eigenvalue weighted by molar-refractivity contribution is -0.115. The van der Waals surface area contributed by atoms with Gasteiger partial charge in [-0.3, -0.25) is 14.3 Å². The Kier molecular flexibility index (Phi) is 6.61. The van der Waals surface area contributed by atoms with Crippen molar-refractivity contribution < 1.29 is 9.18 Å². The highest BCUT2D eigenvalue weighted by Crippen LogP contribution is 2.28. The van der Waals surface area contributed by atoms with Gasteiger partial charge in [-0.05, 0) is 49.2 Å². The molecule has 2 heterocycles. The van der Waals surface area contributed by atoms with Gasteiger partial charge < -0.3 is 5.32 Å². The molecule has 32 heavy (non-hydrogen) atoms. The zero-order valence-corrected chi connectivity index (χ0v) is 18.5. The number of rotatable bonds is 7. The number of pyridine rings is 1. The van der Waals surface area contributed by atoms with Crippen molar-refractivity contribution in [3.63, 3.8) is 0 Å². The van der Waals surface area contributed by atoms with Gasteiger partial charge in [-0.15, -0.1) is 10.2 Å². The summed E-state index contributed by atoms with van der Waals surface area (Å²) in [5, 5.41) is 11.7. The molecule has 1 atom stereocenters. The van der Waals surface area contributed by atoms with E-state index in [0.29, 0.717) is 28.8 Å². The lowest BCUT2D eigenvalue weighted by Gasteiger charge is -2.14. The average molecular weight is 448 g/mol. The van der Waals surface area contributed by atoms with Crippen LogP contribution < -0.4 is 5.32 Å². The molecule has 8 heteroatoms. The molecule has 162 valence electrons. The molecule has 0 bridgehead atoms. The van der Waals surface area contributed by atoms with Crippen molar-refractivity contribution in [1.82, 2.24) is 19.7 Å². The Balaban J connectivity index is 1.57. The Hall–Kier alpha value is -3.52. The second-order valence-electron chi connectivity index (χ2n) is 7.33. The highest BCUT2D eigenvalue weighted by atomic mass is 32.2. The van der Waals surface area contributed by atoms with Crippen molar-refractivity contribution >= 4 is 23.4 Å². The van der Waals surface area contributed by atoms with Crippen LogP contribution in [0.15, 0.2) is 78.2 Å². The molecule has 1 unspecified atom stereocenters. The van der Waals surface area contributed by atoms with E-state index in [4.69, 9.17) is 0 Å². The van der Waals surface area contributed by atoms with E-state index < -0.39 is 5.25 Å². The number of carbonyl (C=O) groups is 1. The zero-order chi connectivity index (χ0) is 22.5. The fraction of sp³-hybridized carbons (Fsp3) is 0.167. The minimum Gasteiger partial charge on any atom is -0.325 e. The lowest BCUT2D eigenvalue weighted by Crippen LogP contribution is -2.23. The van der Waals surface area contributed by atoms with Crippen LogP contribution in [-0.4, -0.2) is 30.9 Å². The molecule has 0 aliphatic rings. The quantitative estimate of drug-likeness (QED) is 0.406. The molecule has 1 amide bonds. The molecule has 0 spiro atoms. The second-order valence-corrected chi connectivity index (χ2v) is 8.64. The van der Waals surface area contributed by atoms with Crippen molar-refractivity contribution in [3.8, 4) is 11.4 Å². The molecule has 0 aliphatic heterocycles. The maximum atomic E-state index is 13.8. The number of anilines is 1. The summed E-state index contributed by atoms with van der Waals surface area (Å²) in [4.78, 5) is 16.8. The van der Waals surface area contributed by atoms with E-state index in [2.05, 4.69) is 20.5 Å². The second kappa shape index (κ2) is 9.74. The fourth-order valence-electron chi connectivity index (χ4n) is 3.13. The minimum absolute atomic E-state index is 0.238. The van der Waals surface area contributed by atoms with Gasteiger partial charge in [0, 0.05) is 23.6 Å². The van der Waals surface area contributed by atoms with Gasteiger partial charge in [0.1, 0.15) is 5.82 Å². The number of nitrogens with zero attached hydrogens (tertiary/aromatic N) is 4. The van der Waals surface area contributed by atoms with Gasteiger partial charge in [0.2, 0.25) is 5.91 Å². The van der Waals surface area contributed by atoms with E-state index in [1.165, 1.54) is 17.8 Å². The summed E-state index contributed by atoms with van der Waals surface area (Å²) >= 11 is 1.31. The average Bonchev–Trinajstić information content (AvgIpc) is 3.19. The Morgan fingerprint density at radius 2 is 1.84 bits per heavy atom. The number of halogens is 1. The van der Waals surface area contributed by atoms with Crippen LogP contribution in [0.4, 0.5) is 10.1 Å². The maximum Gasteiger partial charge on any atom is 0.237 e. The molecule has 0 saturated heterocycles. The normalized spacial score (nSPS) is 11.8. The molecule has 4 rings (SSSR count). The van der Waals surface area contributed by atoms with Crippen LogP contribution in [0, 0.1) is 12.7 Å². The van der Waals surface area contributed by atoms with E-state index in [1.807, 2.05) is 47.0 Å². The topological polar surface area (TPSA) is 72.7 Å². The van der Waals surface area contributed by atoms with Gasteiger partial charge in [0.05, 0.1) is 11.8 Å². The maximum absolute atomic E-state index is 13.8. The molecule has 2 aromatic heterocycles. The Morgan fingerprint density at radius 3 is 2.56 bits per heavy atom. The number of thioether (sulfide) groups is 1. The van der Waals surface area contributed by atoms with Crippen LogP contribution in [0.1, 0.15) is 18.1 Å². The third-order valence-electron chi connectivity index (χ3n) is 4.93. The molecule has 2 aromatic carbocycles. The summed E-state index contributed by atoms with van der Waals surface area (Å²) in [7, 11) is 0. The zero-order valence-electron chi connectivity index (χ0n) is 17.7. The Labute approximate surface area is 189 Å². The molecule has 6 nitrogen and oxygen atoms in total. The fourth-order valence-corrected chi connectivity index (χ4v) is 3.97. The van der Waals surface area contributed by atoms with E-state index in [0.717, 1.165) is 11.1 Å². The first-order valence-corrected chi connectivity index (χ1v) is 11.0. The summed E-state index contributed by atoms with van der Waals surface area (Å²) in [6, 6.07) is 18.4. The number of hydrogen-bond acceptors (Lipinski definition) is 5. The van der Waals surface area contributed by atoms with Crippen LogP contribution >= 0.6 is 11.8 Å². The first-order chi connectivity index (χ1) is 15.5. The van der Waals surface area contributed by atoms with E-state index in [-0.39, 0.29) is 11.7 Å². The number of amides is 1. The summed E-state index contributed by atoms with van der Waals surface area (Å²) in [5.74, 6) is 0.109. The van der Waals surface area contributed by atoms with Crippen LogP contribution in [-0.2, 0) is 11.3 Å². The number of carbonyl (C=O) groups excluding carboxylic acids is 1. The lowest BCUT2D eigenvalue weighted by atomic mass is 10.2. The van der Waals surface area contributed by atoms with Crippen LogP contribution in [0.2, 0.25) is 0 Å². The first-order valence-electron chi connectivity index (χ1n) is 10.1. The highest BCUT2D eigenvalue weighted by molar-refractivity contribution is 8.00. The highest BCUT2D eigenvalue weighted by Gasteiger charge is 2.21. The number of hydrogen-bond donors (Lipinski definition) is 1. The monoisotopic (exact) mass is 447 g/mol. The Morgan fingerprint density at radius 1 is 1.09 bits per heavy atom. The van der Waals surface area contributed by atoms with Crippen molar-refractivity contribution in [2.24, 2.45) is 0 Å². The van der Waals surface area contributed by atoms with Gasteiger partial charge >= 0.3 is 0 Å². The largest absolute Gasteiger partial charge is 0.325 e. The first kappa shape index (κ1) is 21.7. The van der Waals surface area contributed by atoms with Gasteiger partial charge in [-0.25, -0.2) is 4.39 Å². The SMILES string of the molecule is Cc1ccc(NC(=O)C(C)Sc2nnc(-c3ccncc3)n2Cc2ccccc2)cc1F. The van der Waals surface area contributed by atoms with Gasteiger partial charge in [-0.2, -0.15) is 0 Å². The van der Waals surface area contributed by atoms with Crippen molar-refractivity contribution in [2.45, 2.75) is 30.8 Å². The number of nitrogens with one attached hydrogen (secondary N) is 1. The van der Waals surface area contributed by atoms with E-state index in [1.54, 1.807) is 38.4 Å². The van der Waals surface area contributed by atoms with Gasteiger partial charge in [0.15, 0.2) is 11.0 Å². The van der Waals surface area contributed by atoms with Crippen molar-refractivity contribution in [3.05, 3.63) is 90.0 Å². The summed E-state index contributed by atoms with van der Waals surface area (Å²) < 4.78 is 15.8. The summed E-state index contributed by atoms with van der Waals surface area (Å²) in [6.45, 7) is 4.03. The van der Waals surface area contributed by atoms with E-state index in [9.17, 15) is 9.18 Å². The summed E-state index contributed by atoms with van der Waals surface area (Å²) in [6.07, 6.45) is 3.42. The molecule has 0 fully saturated rings. The van der Waals surface area contributed by atoms with Crippen molar-refractivity contribution in [1.29, 1.82) is 0 Å². The third kappa shape index (κ3) is 5.03. The van der Waals surface area contributed by atoms with Gasteiger partial charge in [-0.1, -0.05) is 48.2 Å². The van der Waals surface area contributed by atoms with E-state index >= 15 is 0 Å². The summed E-state index contributed by atoms with van der Waals surface area (Å²) in [5.41, 5.74) is 2.94.